The smallest absolute Gasteiger partial charge is 0.410 e. The van der Waals surface area contributed by atoms with Crippen molar-refractivity contribution in [1.82, 2.24) is 9.88 Å². The Morgan fingerprint density at radius 2 is 2.00 bits per heavy atom. The van der Waals surface area contributed by atoms with Crippen LogP contribution < -0.4 is 10.1 Å². The molecule has 0 unspecified atom stereocenters. The van der Waals surface area contributed by atoms with Crippen molar-refractivity contribution in [1.29, 1.82) is 0 Å². The minimum absolute atomic E-state index is 0.0736. The highest BCUT2D eigenvalue weighted by Crippen LogP contribution is 2.32. The second kappa shape index (κ2) is 9.73. The van der Waals surface area contributed by atoms with Gasteiger partial charge in [0.05, 0.1) is 24.9 Å². The van der Waals surface area contributed by atoms with Gasteiger partial charge in [0.1, 0.15) is 11.4 Å². The van der Waals surface area contributed by atoms with E-state index in [-0.39, 0.29) is 12.7 Å². The number of amides is 1. The summed E-state index contributed by atoms with van der Waals surface area (Å²) in [6.07, 6.45) is 4.46. The molecule has 1 amide bonds. The Kier molecular flexibility index (Phi) is 7.26. The maximum Gasteiger partial charge on any atom is 0.410 e. The third kappa shape index (κ3) is 5.79. The van der Waals surface area contributed by atoms with Gasteiger partial charge in [0.2, 0.25) is 0 Å². The number of benzene rings is 1. The molecule has 0 aliphatic carbocycles. The number of fused-ring (bicyclic) bond motifs is 1. The minimum Gasteiger partial charge on any atom is -0.497 e. The third-order valence-electron chi connectivity index (χ3n) is 5.74. The monoisotopic (exact) mass is 429 g/mol. The number of methoxy groups -OCH3 is 1. The van der Waals surface area contributed by atoms with Crippen LogP contribution in [0.25, 0.3) is 10.9 Å². The fraction of sp³-hybridized carbons (Fsp3) is 0.583. The molecule has 2 heterocycles. The van der Waals surface area contributed by atoms with Crippen molar-refractivity contribution in [2.45, 2.75) is 59.2 Å². The zero-order valence-corrected chi connectivity index (χ0v) is 19.3. The van der Waals surface area contributed by atoms with Crippen molar-refractivity contribution < 1.29 is 19.4 Å². The number of anilines is 1. The molecule has 1 aromatic heterocycles. The van der Waals surface area contributed by atoms with Crippen LogP contribution in [-0.2, 0) is 11.3 Å². The number of ether oxygens (including phenoxy) is 2. The lowest BCUT2D eigenvalue weighted by Gasteiger charge is -2.33. The summed E-state index contributed by atoms with van der Waals surface area (Å²) in [5.41, 5.74) is 3.18. The Morgan fingerprint density at radius 1 is 1.29 bits per heavy atom. The van der Waals surface area contributed by atoms with Gasteiger partial charge in [-0.3, -0.25) is 4.98 Å². The van der Waals surface area contributed by atoms with Crippen LogP contribution in [0, 0.1) is 12.8 Å². The van der Waals surface area contributed by atoms with Gasteiger partial charge in [-0.1, -0.05) is 0 Å². The molecule has 7 nitrogen and oxygen atoms in total. The number of piperidine rings is 1. The summed E-state index contributed by atoms with van der Waals surface area (Å²) >= 11 is 0. The predicted octanol–water partition coefficient (Wildman–Crippen LogP) is 4.49. The molecule has 0 bridgehead atoms. The van der Waals surface area contributed by atoms with Crippen LogP contribution in [0.4, 0.5) is 10.5 Å². The number of pyridine rings is 1. The Labute approximate surface area is 184 Å². The van der Waals surface area contributed by atoms with Crippen molar-refractivity contribution in [2.24, 2.45) is 5.92 Å². The molecule has 0 atom stereocenters. The van der Waals surface area contributed by atoms with Crippen LogP contribution in [-0.4, -0.2) is 53.4 Å². The van der Waals surface area contributed by atoms with E-state index in [4.69, 9.17) is 9.47 Å². The van der Waals surface area contributed by atoms with Crippen molar-refractivity contribution in [2.75, 3.05) is 32.1 Å². The normalized spacial score (nSPS) is 15.2. The van der Waals surface area contributed by atoms with Gasteiger partial charge in [0.15, 0.2) is 0 Å². The maximum absolute atomic E-state index is 12.2. The van der Waals surface area contributed by atoms with Gasteiger partial charge < -0.3 is 24.8 Å². The largest absolute Gasteiger partial charge is 0.497 e. The second-order valence-electron chi connectivity index (χ2n) is 9.28. The summed E-state index contributed by atoms with van der Waals surface area (Å²) in [5, 5.41) is 14.3. The van der Waals surface area contributed by atoms with Crippen molar-refractivity contribution in [3.63, 3.8) is 0 Å². The number of nitrogens with one attached hydrogen (secondary N) is 1. The van der Waals surface area contributed by atoms with E-state index >= 15 is 0 Å². The SMILES string of the molecule is COc1cc(C)c2ncc(CO)c(NCCC3CCN(C(=O)OC(C)(C)C)CC3)c2c1. The Balaban J connectivity index is 1.61. The lowest BCUT2D eigenvalue weighted by Crippen LogP contribution is -2.41. The number of aliphatic hydroxyl groups is 1. The van der Waals surface area contributed by atoms with Gasteiger partial charge in [0.25, 0.3) is 0 Å². The number of hydrogen-bond acceptors (Lipinski definition) is 6. The highest BCUT2D eigenvalue weighted by atomic mass is 16.6. The fourth-order valence-corrected chi connectivity index (χ4v) is 4.07. The number of aliphatic hydroxyl groups excluding tert-OH is 1. The molecular weight excluding hydrogens is 394 g/mol. The first kappa shape index (κ1) is 23.1. The number of hydrogen-bond donors (Lipinski definition) is 2. The lowest BCUT2D eigenvalue weighted by atomic mass is 9.93. The molecule has 7 heteroatoms. The third-order valence-corrected chi connectivity index (χ3v) is 5.74. The molecule has 0 saturated carbocycles. The van der Waals surface area contributed by atoms with Crippen LogP contribution in [0.3, 0.4) is 0 Å². The van der Waals surface area contributed by atoms with Gasteiger partial charge in [-0.15, -0.1) is 0 Å². The molecule has 1 aliphatic rings. The van der Waals surface area contributed by atoms with Crippen LogP contribution in [0.2, 0.25) is 0 Å². The molecule has 2 aromatic rings. The quantitative estimate of drug-likeness (QED) is 0.704. The molecule has 170 valence electrons. The topological polar surface area (TPSA) is 83.9 Å². The zero-order valence-electron chi connectivity index (χ0n) is 19.3. The first-order chi connectivity index (χ1) is 14.7. The number of likely N-dealkylation sites (tertiary alicyclic amines) is 1. The van der Waals surface area contributed by atoms with E-state index in [1.54, 1.807) is 13.3 Å². The van der Waals surface area contributed by atoms with Gasteiger partial charge in [-0.05, 0) is 70.6 Å². The van der Waals surface area contributed by atoms with E-state index in [9.17, 15) is 9.90 Å². The van der Waals surface area contributed by atoms with Crippen molar-refractivity contribution in [3.05, 3.63) is 29.5 Å². The van der Waals surface area contributed by atoms with Crippen molar-refractivity contribution in [3.8, 4) is 5.75 Å². The summed E-state index contributed by atoms with van der Waals surface area (Å²) in [6.45, 7) is 9.87. The molecule has 0 spiro atoms. The van der Waals surface area contributed by atoms with Crippen molar-refractivity contribution >= 4 is 22.7 Å². The van der Waals surface area contributed by atoms with E-state index in [0.29, 0.717) is 5.92 Å². The Bertz CT molecular complexity index is 915. The number of nitrogens with zero attached hydrogens (tertiary/aromatic N) is 2. The van der Waals surface area contributed by atoms with E-state index < -0.39 is 5.60 Å². The molecule has 1 aromatic carbocycles. The van der Waals surface area contributed by atoms with Gasteiger partial charge in [-0.25, -0.2) is 4.79 Å². The first-order valence-electron chi connectivity index (χ1n) is 11.0. The summed E-state index contributed by atoms with van der Waals surface area (Å²) < 4.78 is 10.9. The summed E-state index contributed by atoms with van der Waals surface area (Å²) in [7, 11) is 1.65. The molecule has 3 rings (SSSR count). The fourth-order valence-electron chi connectivity index (χ4n) is 4.07. The molecule has 0 radical (unpaired) electrons. The summed E-state index contributed by atoms with van der Waals surface area (Å²) in [6, 6.07) is 3.94. The summed E-state index contributed by atoms with van der Waals surface area (Å²) in [4.78, 5) is 18.6. The van der Waals surface area contributed by atoms with E-state index in [0.717, 1.165) is 72.4 Å². The Hall–Kier alpha value is -2.54. The first-order valence-corrected chi connectivity index (χ1v) is 11.0. The van der Waals surface area contributed by atoms with Crippen LogP contribution in [0.1, 0.15) is 51.2 Å². The van der Waals surface area contributed by atoms with E-state index in [2.05, 4.69) is 10.3 Å². The number of carbonyl (C=O) groups excluding carboxylic acids is 1. The molecule has 2 N–H and O–H groups in total. The molecular formula is C24H35N3O4. The molecule has 1 aliphatic heterocycles. The highest BCUT2D eigenvalue weighted by Gasteiger charge is 2.26. The maximum atomic E-state index is 12.2. The van der Waals surface area contributed by atoms with E-state index in [1.165, 1.54) is 0 Å². The second-order valence-corrected chi connectivity index (χ2v) is 9.28. The van der Waals surface area contributed by atoms with Crippen LogP contribution in [0.5, 0.6) is 5.75 Å². The van der Waals surface area contributed by atoms with Crippen LogP contribution in [0.15, 0.2) is 18.3 Å². The average Bonchev–Trinajstić information content (AvgIpc) is 2.73. The van der Waals surface area contributed by atoms with Gasteiger partial charge >= 0.3 is 6.09 Å². The molecule has 1 fully saturated rings. The molecule has 1 saturated heterocycles. The number of aromatic nitrogens is 1. The zero-order chi connectivity index (χ0) is 22.6. The standard InChI is InChI=1S/C24H35N3O4/c1-16-12-19(30-5)13-20-21(16)26-14-18(15-28)22(20)25-9-6-17-7-10-27(11-8-17)23(29)31-24(2,3)4/h12-14,17,28H,6-11,15H2,1-5H3,(H,25,26). The van der Waals surface area contributed by atoms with Gasteiger partial charge in [0, 0.05) is 36.8 Å². The van der Waals surface area contributed by atoms with Crippen LogP contribution >= 0.6 is 0 Å². The highest BCUT2D eigenvalue weighted by molar-refractivity contribution is 5.95. The number of carbonyl (C=O) groups is 1. The number of aryl methyl sites for hydroxylation is 1. The lowest BCUT2D eigenvalue weighted by molar-refractivity contribution is 0.0182. The number of rotatable bonds is 6. The average molecular weight is 430 g/mol. The summed E-state index contributed by atoms with van der Waals surface area (Å²) in [5.74, 6) is 1.33. The van der Waals surface area contributed by atoms with Gasteiger partial charge in [-0.2, -0.15) is 0 Å². The predicted molar refractivity (Wildman–Crippen MR) is 123 cm³/mol. The molecule has 31 heavy (non-hydrogen) atoms. The van der Waals surface area contributed by atoms with E-state index in [1.807, 2.05) is 44.7 Å². The minimum atomic E-state index is -0.462. The Morgan fingerprint density at radius 3 is 2.61 bits per heavy atom.